The molecule has 6 aromatic carbocycles. The summed E-state index contributed by atoms with van der Waals surface area (Å²) in [6.07, 6.45) is 2.53. The number of hydrogen-bond donors (Lipinski definition) is 0. The lowest BCUT2D eigenvalue weighted by atomic mass is 9.77. The second-order valence-electron chi connectivity index (χ2n) is 15.4. The minimum absolute atomic E-state index is 0.239. The summed E-state index contributed by atoms with van der Waals surface area (Å²) in [5.74, 6) is -1.60. The van der Waals surface area contributed by atoms with Crippen molar-refractivity contribution in [3.05, 3.63) is 203 Å². The van der Waals surface area contributed by atoms with Crippen LogP contribution in [0.15, 0.2) is 169 Å². The van der Waals surface area contributed by atoms with Crippen LogP contribution in [0.4, 0.5) is 22.7 Å². The summed E-state index contributed by atoms with van der Waals surface area (Å²) in [6.45, 7) is 0. The van der Waals surface area contributed by atoms with Gasteiger partial charge in [-0.2, -0.15) is 0 Å². The molecule has 6 aromatic rings. The van der Waals surface area contributed by atoms with Crippen molar-refractivity contribution in [1.29, 1.82) is 0 Å². The Morgan fingerprint density at radius 2 is 0.690 bits per heavy atom. The standard InChI is InChI=1S/C52H54N4O2/c1-53(2)43-27-19-37(20-28-43)47(38-21-29-44(30-22-38)54(3)4)35-36-48(50(51(57)41-15-11-9-12-16-41)52(58)42-17-13-10-14-18-42)49(39-23-31-45(32-24-39)55(5)6)40-25-33-46(34-26-40)56(7)8/h9-35,50H,36H2,1-8H3. The van der Waals surface area contributed by atoms with Gasteiger partial charge in [0.25, 0.3) is 0 Å². The topological polar surface area (TPSA) is 47.1 Å². The Kier molecular flexibility index (Phi) is 13.1. The van der Waals surface area contributed by atoms with Crippen LogP contribution in [-0.2, 0) is 0 Å². The smallest absolute Gasteiger partial charge is 0.177 e. The highest BCUT2D eigenvalue weighted by Gasteiger charge is 2.34. The summed E-state index contributed by atoms with van der Waals surface area (Å²) in [5, 5.41) is 0. The first kappa shape index (κ1) is 41.0. The maximum Gasteiger partial charge on any atom is 0.177 e. The Morgan fingerprint density at radius 3 is 0.983 bits per heavy atom. The number of allylic oxidation sites excluding steroid dienone is 2. The third-order valence-corrected chi connectivity index (χ3v) is 10.6. The minimum atomic E-state index is -1.12. The molecule has 0 aliphatic carbocycles. The average molecular weight is 767 g/mol. The Labute approximate surface area is 345 Å². The number of carbonyl (C=O) groups is 2. The monoisotopic (exact) mass is 766 g/mol. The van der Waals surface area contributed by atoms with Gasteiger partial charge in [0.15, 0.2) is 11.6 Å². The summed E-state index contributed by atoms with van der Waals surface area (Å²) < 4.78 is 0. The molecule has 0 bridgehead atoms. The van der Waals surface area contributed by atoms with Gasteiger partial charge in [-0.3, -0.25) is 9.59 Å². The zero-order valence-electron chi connectivity index (χ0n) is 35.0. The zero-order valence-corrected chi connectivity index (χ0v) is 35.0. The van der Waals surface area contributed by atoms with E-state index < -0.39 is 5.92 Å². The van der Waals surface area contributed by atoms with Crippen molar-refractivity contribution in [2.24, 2.45) is 5.92 Å². The maximum absolute atomic E-state index is 15.1. The van der Waals surface area contributed by atoms with Crippen molar-refractivity contribution in [1.82, 2.24) is 0 Å². The summed E-state index contributed by atoms with van der Waals surface area (Å²) in [7, 11) is 16.2. The molecule has 0 saturated heterocycles. The lowest BCUT2D eigenvalue weighted by Crippen LogP contribution is -2.27. The number of benzene rings is 6. The van der Waals surface area contributed by atoms with E-state index in [1.165, 1.54) is 0 Å². The van der Waals surface area contributed by atoms with E-state index in [1.54, 1.807) is 0 Å². The van der Waals surface area contributed by atoms with Crippen molar-refractivity contribution in [2.75, 3.05) is 76.0 Å². The van der Waals surface area contributed by atoms with E-state index in [4.69, 9.17) is 0 Å². The van der Waals surface area contributed by atoms with E-state index in [0.717, 1.165) is 61.7 Å². The van der Waals surface area contributed by atoms with Crippen LogP contribution in [0.25, 0.3) is 11.1 Å². The van der Waals surface area contributed by atoms with Crippen molar-refractivity contribution >= 4 is 45.5 Å². The van der Waals surface area contributed by atoms with Gasteiger partial charge in [0.05, 0.1) is 0 Å². The van der Waals surface area contributed by atoms with Gasteiger partial charge in [-0.05, 0) is 93.9 Å². The second-order valence-corrected chi connectivity index (χ2v) is 15.4. The highest BCUT2D eigenvalue weighted by Crippen LogP contribution is 2.39. The molecule has 6 heteroatoms. The normalized spacial score (nSPS) is 10.8. The number of carbonyl (C=O) groups excluding carboxylic acids is 2. The third kappa shape index (κ3) is 9.47. The fraction of sp³-hybridized carbons (Fsp3) is 0.192. The highest BCUT2D eigenvalue weighted by molar-refractivity contribution is 6.19. The van der Waals surface area contributed by atoms with Crippen LogP contribution >= 0.6 is 0 Å². The van der Waals surface area contributed by atoms with Gasteiger partial charge in [0.2, 0.25) is 0 Å². The molecule has 6 nitrogen and oxygen atoms in total. The Hall–Kier alpha value is -6.66. The molecule has 294 valence electrons. The summed E-state index contributed by atoms with van der Waals surface area (Å²) in [4.78, 5) is 38.6. The van der Waals surface area contributed by atoms with Crippen molar-refractivity contribution in [2.45, 2.75) is 6.42 Å². The quantitative estimate of drug-likeness (QED) is 0.0766. The van der Waals surface area contributed by atoms with Gasteiger partial charge in [0.1, 0.15) is 5.92 Å². The van der Waals surface area contributed by atoms with Gasteiger partial charge < -0.3 is 19.6 Å². The van der Waals surface area contributed by atoms with Crippen LogP contribution in [0.1, 0.15) is 49.4 Å². The molecule has 0 aliphatic heterocycles. The number of Topliss-reactive ketones (excluding diaryl/α,β-unsaturated/α-hetero) is 2. The maximum atomic E-state index is 15.1. The molecule has 0 aromatic heterocycles. The van der Waals surface area contributed by atoms with Crippen molar-refractivity contribution < 1.29 is 9.59 Å². The van der Waals surface area contributed by atoms with Crippen LogP contribution in [0.2, 0.25) is 0 Å². The molecule has 0 radical (unpaired) electrons. The van der Waals surface area contributed by atoms with E-state index in [1.807, 2.05) is 117 Å². The Morgan fingerprint density at radius 1 is 0.397 bits per heavy atom. The highest BCUT2D eigenvalue weighted by atomic mass is 16.2. The van der Waals surface area contributed by atoms with Crippen molar-refractivity contribution in [3.63, 3.8) is 0 Å². The molecule has 58 heavy (non-hydrogen) atoms. The largest absolute Gasteiger partial charge is 0.378 e. The van der Waals surface area contributed by atoms with Gasteiger partial charge in [-0.1, -0.05) is 115 Å². The van der Waals surface area contributed by atoms with Gasteiger partial charge in [-0.25, -0.2) is 0 Å². The number of ketones is 2. The van der Waals surface area contributed by atoms with E-state index >= 15 is 9.59 Å². The lowest BCUT2D eigenvalue weighted by Gasteiger charge is -2.25. The molecule has 0 saturated carbocycles. The first-order valence-corrected chi connectivity index (χ1v) is 19.7. The van der Waals surface area contributed by atoms with Gasteiger partial charge in [0, 0.05) is 90.3 Å². The van der Waals surface area contributed by atoms with Crippen molar-refractivity contribution in [3.8, 4) is 0 Å². The minimum Gasteiger partial charge on any atom is -0.378 e. The Bertz CT molecular complexity index is 2200. The van der Waals surface area contributed by atoms with E-state index in [0.29, 0.717) is 17.5 Å². The fourth-order valence-electron chi connectivity index (χ4n) is 7.22. The molecular weight excluding hydrogens is 713 g/mol. The van der Waals surface area contributed by atoms with Crippen LogP contribution in [0.3, 0.4) is 0 Å². The molecule has 0 amide bonds. The zero-order chi connectivity index (χ0) is 41.3. The average Bonchev–Trinajstić information content (AvgIpc) is 3.25. The van der Waals surface area contributed by atoms with Gasteiger partial charge in [-0.15, -0.1) is 0 Å². The third-order valence-electron chi connectivity index (χ3n) is 10.6. The molecule has 0 fully saturated rings. The van der Waals surface area contributed by atoms with E-state index in [-0.39, 0.29) is 11.6 Å². The molecular formula is C52H54N4O2. The number of hydrogen-bond acceptors (Lipinski definition) is 6. The molecule has 0 aliphatic rings. The predicted octanol–water partition coefficient (Wildman–Crippen LogP) is 10.7. The van der Waals surface area contributed by atoms with E-state index in [2.05, 4.69) is 123 Å². The van der Waals surface area contributed by atoms with E-state index in [9.17, 15) is 0 Å². The second kappa shape index (κ2) is 18.5. The predicted molar refractivity (Wildman–Crippen MR) is 246 cm³/mol. The number of rotatable bonds is 15. The molecule has 0 N–H and O–H groups in total. The number of anilines is 4. The van der Waals surface area contributed by atoms with Crippen LogP contribution in [0.5, 0.6) is 0 Å². The fourth-order valence-corrected chi connectivity index (χ4v) is 7.22. The summed E-state index contributed by atoms with van der Waals surface area (Å²) >= 11 is 0. The summed E-state index contributed by atoms with van der Waals surface area (Å²) in [6, 6.07) is 52.3. The first-order chi connectivity index (χ1) is 27.9. The molecule has 0 unspecified atom stereocenters. The van der Waals surface area contributed by atoms with Crippen LogP contribution in [-0.4, -0.2) is 67.9 Å². The van der Waals surface area contributed by atoms with Crippen LogP contribution in [0, 0.1) is 5.92 Å². The number of nitrogens with zero attached hydrogens (tertiary/aromatic N) is 4. The molecule has 6 rings (SSSR count). The molecule has 0 atom stereocenters. The van der Waals surface area contributed by atoms with Gasteiger partial charge >= 0.3 is 0 Å². The lowest BCUT2D eigenvalue weighted by molar-refractivity contribution is 0.0832. The first-order valence-electron chi connectivity index (χ1n) is 19.7. The summed E-state index contributed by atoms with van der Waals surface area (Å²) in [5.41, 5.74) is 11.8. The molecule has 0 heterocycles. The molecule has 0 spiro atoms. The SMILES string of the molecule is CN(C)c1ccc(C(=CCC(=C(c2ccc(N(C)C)cc2)c2ccc(N(C)C)cc2)C(C(=O)c2ccccc2)C(=O)c2ccccc2)c2ccc(N(C)C)cc2)cc1. The Balaban J connectivity index is 1.69. The van der Waals surface area contributed by atoms with Crippen LogP contribution < -0.4 is 19.6 Å².